The lowest BCUT2D eigenvalue weighted by Crippen LogP contribution is -2.10. The Labute approximate surface area is 189 Å². The van der Waals surface area contributed by atoms with E-state index in [0.29, 0.717) is 33.5 Å². The zero-order valence-electron chi connectivity index (χ0n) is 16.2. The predicted octanol–water partition coefficient (Wildman–Crippen LogP) is 5.84. The quantitative estimate of drug-likeness (QED) is 0.241. The van der Waals surface area contributed by atoms with Gasteiger partial charge in [0, 0.05) is 18.6 Å². The van der Waals surface area contributed by atoms with Crippen molar-refractivity contribution in [2.24, 2.45) is 0 Å². The Balaban J connectivity index is 1.53. The van der Waals surface area contributed by atoms with Crippen LogP contribution in [0, 0.1) is 6.92 Å². The highest BCUT2D eigenvalue weighted by molar-refractivity contribution is 9.10. The topological polar surface area (TPSA) is 91.8 Å². The van der Waals surface area contributed by atoms with Crippen LogP contribution in [-0.4, -0.2) is 11.1 Å². The lowest BCUT2D eigenvalue weighted by atomic mass is 10.2. The van der Waals surface area contributed by atoms with Crippen molar-refractivity contribution in [3.63, 3.8) is 0 Å². The molecule has 0 radical (unpaired) electrons. The largest absolute Gasteiger partial charge is 0.457 e. The lowest BCUT2D eigenvalue weighted by molar-refractivity contribution is -0.134. The molecule has 0 amide bonds. The Morgan fingerprint density at radius 1 is 1.19 bits per heavy atom. The van der Waals surface area contributed by atoms with Crippen molar-refractivity contribution in [1.82, 2.24) is 5.16 Å². The number of aromatic nitrogens is 1. The SMILES string of the molecule is Cc1oc2cc(OC(=O)CCc3cc(Cl)no3)ccc2c(=O)c1Oc1ccccc1Br. The molecule has 0 atom stereocenters. The van der Waals surface area contributed by atoms with Crippen molar-refractivity contribution >= 4 is 44.5 Å². The molecule has 2 aromatic carbocycles. The number of fused-ring (bicyclic) bond motifs is 1. The molecule has 7 nitrogen and oxygen atoms in total. The first kappa shape index (κ1) is 21.1. The molecule has 0 aliphatic carbocycles. The molecule has 0 bridgehead atoms. The third-order valence-corrected chi connectivity index (χ3v) is 5.21. The summed E-state index contributed by atoms with van der Waals surface area (Å²) in [5.41, 5.74) is -0.0381. The maximum absolute atomic E-state index is 12.9. The van der Waals surface area contributed by atoms with Crippen molar-refractivity contribution in [1.29, 1.82) is 0 Å². The van der Waals surface area contributed by atoms with E-state index in [9.17, 15) is 9.59 Å². The zero-order valence-corrected chi connectivity index (χ0v) is 18.5. The summed E-state index contributed by atoms with van der Waals surface area (Å²) >= 11 is 9.07. The Kier molecular flexibility index (Phi) is 6.11. The standard InChI is InChI=1S/C22H15BrClNO6/c1-12-22(30-17-5-3-2-4-16(17)23)21(27)15-8-6-13(10-18(15)28-12)29-20(26)9-7-14-11-19(24)25-31-14/h2-6,8,10-11H,7,9H2,1H3. The molecule has 0 N–H and O–H groups in total. The zero-order chi connectivity index (χ0) is 22.0. The Hall–Kier alpha value is -3.10. The molecule has 9 heteroatoms. The molecule has 4 aromatic rings. The van der Waals surface area contributed by atoms with Gasteiger partial charge in [0.15, 0.2) is 5.15 Å². The average Bonchev–Trinajstić information content (AvgIpc) is 3.16. The van der Waals surface area contributed by atoms with E-state index in [2.05, 4.69) is 21.1 Å². The first-order valence-corrected chi connectivity index (χ1v) is 10.4. The highest BCUT2D eigenvalue weighted by Crippen LogP contribution is 2.31. The van der Waals surface area contributed by atoms with Crippen LogP contribution in [0.15, 0.2) is 66.7 Å². The average molecular weight is 505 g/mol. The fourth-order valence-corrected chi connectivity index (χ4v) is 3.42. The normalized spacial score (nSPS) is 10.9. The summed E-state index contributed by atoms with van der Waals surface area (Å²) in [6.07, 6.45) is 0.376. The summed E-state index contributed by atoms with van der Waals surface area (Å²) in [5.74, 6) is 1.17. The first-order chi connectivity index (χ1) is 14.9. The summed E-state index contributed by atoms with van der Waals surface area (Å²) in [6.45, 7) is 1.63. The van der Waals surface area contributed by atoms with Gasteiger partial charge in [-0.15, -0.1) is 0 Å². The van der Waals surface area contributed by atoms with E-state index >= 15 is 0 Å². The molecular weight excluding hydrogens is 490 g/mol. The van der Waals surface area contributed by atoms with Gasteiger partial charge in [-0.1, -0.05) is 28.9 Å². The van der Waals surface area contributed by atoms with Crippen LogP contribution in [0.5, 0.6) is 17.2 Å². The lowest BCUT2D eigenvalue weighted by Gasteiger charge is -2.10. The van der Waals surface area contributed by atoms with E-state index in [1.54, 1.807) is 19.1 Å². The van der Waals surface area contributed by atoms with Gasteiger partial charge in [-0.3, -0.25) is 9.59 Å². The molecule has 4 rings (SSSR count). The number of halogens is 2. The van der Waals surface area contributed by atoms with Gasteiger partial charge in [0.1, 0.15) is 28.6 Å². The van der Waals surface area contributed by atoms with Crippen molar-refractivity contribution in [2.75, 3.05) is 0 Å². The number of esters is 1. The molecule has 2 aromatic heterocycles. The smallest absolute Gasteiger partial charge is 0.311 e. The molecule has 0 aliphatic rings. The van der Waals surface area contributed by atoms with Crippen LogP contribution in [0.2, 0.25) is 5.15 Å². The number of carbonyl (C=O) groups excluding carboxylic acids is 1. The minimum atomic E-state index is -0.472. The summed E-state index contributed by atoms with van der Waals surface area (Å²) < 4.78 is 22.6. The van der Waals surface area contributed by atoms with Crippen LogP contribution in [0.25, 0.3) is 11.0 Å². The maximum Gasteiger partial charge on any atom is 0.311 e. The van der Waals surface area contributed by atoms with Gasteiger partial charge in [0.25, 0.3) is 0 Å². The van der Waals surface area contributed by atoms with E-state index in [1.165, 1.54) is 24.3 Å². The van der Waals surface area contributed by atoms with E-state index < -0.39 is 5.97 Å². The molecule has 0 fully saturated rings. The summed E-state index contributed by atoms with van der Waals surface area (Å²) in [4.78, 5) is 25.0. The van der Waals surface area contributed by atoms with E-state index in [4.69, 9.17) is 30.0 Å². The van der Waals surface area contributed by atoms with Crippen molar-refractivity contribution in [3.8, 4) is 17.2 Å². The molecule has 2 heterocycles. The fraction of sp³-hybridized carbons (Fsp3) is 0.136. The summed E-state index contributed by atoms with van der Waals surface area (Å²) in [7, 11) is 0. The minimum Gasteiger partial charge on any atom is -0.457 e. The molecular formula is C22H15BrClNO6. The number of hydrogen-bond acceptors (Lipinski definition) is 7. The highest BCUT2D eigenvalue weighted by atomic mass is 79.9. The number of hydrogen-bond donors (Lipinski definition) is 0. The van der Waals surface area contributed by atoms with Crippen LogP contribution in [0.1, 0.15) is 17.9 Å². The number of para-hydroxylation sites is 1. The van der Waals surface area contributed by atoms with Crippen LogP contribution >= 0.6 is 27.5 Å². The molecule has 0 aliphatic heterocycles. The number of benzene rings is 2. The Morgan fingerprint density at radius 3 is 2.74 bits per heavy atom. The van der Waals surface area contributed by atoms with Crippen LogP contribution < -0.4 is 14.9 Å². The molecule has 158 valence electrons. The number of nitrogens with zero attached hydrogens (tertiary/aromatic N) is 1. The Bertz CT molecular complexity index is 1330. The Morgan fingerprint density at radius 2 is 2.00 bits per heavy atom. The third kappa shape index (κ3) is 4.81. The molecule has 31 heavy (non-hydrogen) atoms. The van der Waals surface area contributed by atoms with Crippen LogP contribution in [-0.2, 0) is 11.2 Å². The number of rotatable bonds is 6. The minimum absolute atomic E-state index is 0.0747. The first-order valence-electron chi connectivity index (χ1n) is 9.22. The van der Waals surface area contributed by atoms with E-state index in [-0.39, 0.29) is 34.1 Å². The molecule has 0 saturated heterocycles. The van der Waals surface area contributed by atoms with Gasteiger partial charge in [-0.25, -0.2) is 0 Å². The van der Waals surface area contributed by atoms with E-state index in [0.717, 1.165) is 0 Å². The molecule has 0 unspecified atom stereocenters. The predicted molar refractivity (Wildman–Crippen MR) is 117 cm³/mol. The van der Waals surface area contributed by atoms with Gasteiger partial charge in [-0.05, 0) is 47.1 Å². The number of aryl methyl sites for hydroxylation is 2. The van der Waals surface area contributed by atoms with Gasteiger partial charge in [-0.2, -0.15) is 0 Å². The van der Waals surface area contributed by atoms with E-state index in [1.807, 2.05) is 12.1 Å². The van der Waals surface area contributed by atoms with Crippen molar-refractivity contribution in [3.05, 3.63) is 79.9 Å². The van der Waals surface area contributed by atoms with Gasteiger partial charge >= 0.3 is 5.97 Å². The second-order valence-electron chi connectivity index (χ2n) is 6.60. The second kappa shape index (κ2) is 8.95. The third-order valence-electron chi connectivity index (χ3n) is 4.37. The van der Waals surface area contributed by atoms with Gasteiger partial charge in [0.2, 0.25) is 11.2 Å². The van der Waals surface area contributed by atoms with Crippen molar-refractivity contribution < 1.29 is 23.2 Å². The second-order valence-corrected chi connectivity index (χ2v) is 7.84. The monoisotopic (exact) mass is 503 g/mol. The maximum atomic E-state index is 12.9. The molecule has 0 saturated carbocycles. The van der Waals surface area contributed by atoms with Crippen molar-refractivity contribution in [2.45, 2.75) is 19.8 Å². The summed E-state index contributed by atoms with van der Waals surface area (Å²) in [6, 6.07) is 13.3. The molecule has 0 spiro atoms. The summed E-state index contributed by atoms with van der Waals surface area (Å²) in [5, 5.41) is 4.09. The number of carbonyl (C=O) groups is 1. The van der Waals surface area contributed by atoms with Gasteiger partial charge in [0.05, 0.1) is 16.3 Å². The van der Waals surface area contributed by atoms with Crippen LogP contribution in [0.4, 0.5) is 0 Å². The van der Waals surface area contributed by atoms with Gasteiger partial charge < -0.3 is 18.4 Å². The van der Waals surface area contributed by atoms with Crippen LogP contribution in [0.3, 0.4) is 0 Å². The highest BCUT2D eigenvalue weighted by Gasteiger charge is 2.16. The number of ether oxygens (including phenoxy) is 2. The fourth-order valence-electron chi connectivity index (χ4n) is 2.90.